The van der Waals surface area contributed by atoms with Crippen molar-refractivity contribution in [1.29, 1.82) is 0 Å². The predicted octanol–water partition coefficient (Wildman–Crippen LogP) is 13.9. The van der Waals surface area contributed by atoms with Crippen molar-refractivity contribution in [3.63, 3.8) is 0 Å². The third kappa shape index (κ3) is 5.08. The monoisotopic (exact) mass is 618 g/mol. The summed E-state index contributed by atoms with van der Waals surface area (Å²) in [6, 6.07) is 47.7. The lowest BCUT2D eigenvalue weighted by atomic mass is 9.83. The number of hydrogen-bond donors (Lipinski definition) is 0. The summed E-state index contributed by atoms with van der Waals surface area (Å²) in [6.07, 6.45) is 8.47. The number of aryl methyl sites for hydroxylation is 2. The van der Waals surface area contributed by atoms with Gasteiger partial charge in [0.2, 0.25) is 0 Å². The first kappa shape index (κ1) is 30.2. The first-order valence-electron chi connectivity index (χ1n) is 17.5. The van der Waals surface area contributed by atoms with Crippen LogP contribution in [0.2, 0.25) is 0 Å². The fraction of sp³-hybridized carbons (Fsp3) is 0.167. The zero-order chi connectivity index (χ0) is 32.8. The van der Waals surface area contributed by atoms with Crippen molar-refractivity contribution in [2.24, 2.45) is 5.92 Å². The molecule has 0 N–H and O–H groups in total. The quantitative estimate of drug-likeness (QED) is 0.168. The smallest absolute Gasteiger partial charge is 0.00201 e. The van der Waals surface area contributed by atoms with E-state index in [0.29, 0.717) is 0 Å². The molecular formula is C48H42. The van der Waals surface area contributed by atoms with Crippen LogP contribution < -0.4 is 0 Å². The molecule has 0 saturated heterocycles. The van der Waals surface area contributed by atoms with Gasteiger partial charge in [0.15, 0.2) is 0 Å². The molecule has 1 aliphatic rings. The number of rotatable bonds is 5. The fourth-order valence-corrected chi connectivity index (χ4v) is 8.21. The molecule has 1 unspecified atom stereocenters. The normalized spacial score (nSPS) is 15.0. The Labute approximate surface area is 285 Å². The van der Waals surface area contributed by atoms with Crippen molar-refractivity contribution < 1.29 is 0 Å². The first-order valence-corrected chi connectivity index (χ1v) is 17.5. The Balaban J connectivity index is 1.34. The number of fused-ring (bicyclic) bond motifs is 3. The highest BCUT2D eigenvalue weighted by atomic mass is 14.2. The van der Waals surface area contributed by atoms with Gasteiger partial charge in [-0.3, -0.25) is 0 Å². The van der Waals surface area contributed by atoms with Crippen molar-refractivity contribution in [2.75, 3.05) is 0 Å². The molecule has 8 rings (SSSR count). The molecule has 0 amide bonds. The van der Waals surface area contributed by atoms with Gasteiger partial charge in [0.25, 0.3) is 0 Å². The van der Waals surface area contributed by atoms with Gasteiger partial charge in [-0.2, -0.15) is 0 Å². The molecule has 0 heteroatoms. The van der Waals surface area contributed by atoms with Crippen LogP contribution in [0.5, 0.6) is 0 Å². The Bertz CT molecular complexity index is 2320. The SMILES string of the molecule is CCC1CC=C(C)C(c2ccc(-c3c4ccccc4c(-c4cccc5c(-c6c(C)cccc6C)cccc45)c4ccccc34)cc2)=CC1. The van der Waals surface area contributed by atoms with Gasteiger partial charge in [0, 0.05) is 0 Å². The van der Waals surface area contributed by atoms with Crippen LogP contribution in [0, 0.1) is 19.8 Å². The summed E-state index contributed by atoms with van der Waals surface area (Å²) in [5.41, 5.74) is 14.5. The minimum atomic E-state index is 0.743. The summed E-state index contributed by atoms with van der Waals surface area (Å²) >= 11 is 0. The van der Waals surface area contributed by atoms with Gasteiger partial charge in [-0.1, -0.05) is 153 Å². The average molecular weight is 619 g/mol. The van der Waals surface area contributed by atoms with Gasteiger partial charge >= 0.3 is 0 Å². The molecule has 1 atom stereocenters. The van der Waals surface area contributed by atoms with Crippen LogP contribution in [0.25, 0.3) is 71.3 Å². The Morgan fingerprint density at radius 1 is 0.438 bits per heavy atom. The molecule has 0 nitrogen and oxygen atoms in total. The fourth-order valence-electron chi connectivity index (χ4n) is 8.21. The lowest BCUT2D eigenvalue weighted by molar-refractivity contribution is 0.526. The molecule has 0 heterocycles. The molecule has 0 saturated carbocycles. The van der Waals surface area contributed by atoms with Crippen molar-refractivity contribution in [2.45, 2.75) is 47.0 Å². The summed E-state index contributed by atoms with van der Waals surface area (Å²) in [5.74, 6) is 0.743. The van der Waals surface area contributed by atoms with Crippen LogP contribution in [0.4, 0.5) is 0 Å². The predicted molar refractivity (Wildman–Crippen MR) is 209 cm³/mol. The standard InChI is InChI=1S/C48H42/c1-5-34-24-23-31(2)37(30-25-34)35-26-28-36(29-27-35)47-42-15-6-8-17-44(42)48(45-18-9-7-16-43(45)47)41-22-12-19-38-39(41)20-11-21-40(38)46-32(3)13-10-14-33(46)4/h6-23,26-30,34H,5,24-25H2,1-4H3. The van der Waals surface area contributed by atoms with E-state index in [-0.39, 0.29) is 0 Å². The lowest BCUT2D eigenvalue weighted by Crippen LogP contribution is -1.93. The molecule has 234 valence electrons. The van der Waals surface area contributed by atoms with E-state index < -0.39 is 0 Å². The molecule has 0 aliphatic heterocycles. The zero-order valence-corrected chi connectivity index (χ0v) is 28.5. The Kier molecular flexibility index (Phi) is 7.81. The number of allylic oxidation sites excluding steroid dienone is 4. The van der Waals surface area contributed by atoms with Gasteiger partial charge in [-0.25, -0.2) is 0 Å². The first-order chi connectivity index (χ1) is 23.5. The molecule has 0 radical (unpaired) electrons. The van der Waals surface area contributed by atoms with E-state index in [1.54, 1.807) is 0 Å². The second kappa shape index (κ2) is 12.4. The van der Waals surface area contributed by atoms with E-state index in [4.69, 9.17) is 0 Å². The van der Waals surface area contributed by atoms with Crippen molar-refractivity contribution in [1.82, 2.24) is 0 Å². The van der Waals surface area contributed by atoms with Crippen LogP contribution in [0.15, 0.2) is 145 Å². The maximum absolute atomic E-state index is 2.47. The molecule has 0 spiro atoms. The lowest BCUT2D eigenvalue weighted by Gasteiger charge is -2.20. The maximum atomic E-state index is 2.47. The molecule has 0 fully saturated rings. The van der Waals surface area contributed by atoms with Gasteiger partial charge in [-0.15, -0.1) is 0 Å². The minimum absolute atomic E-state index is 0.743. The highest BCUT2D eigenvalue weighted by molar-refractivity contribution is 6.24. The molecule has 7 aromatic carbocycles. The van der Waals surface area contributed by atoms with E-state index in [0.717, 1.165) is 12.3 Å². The summed E-state index contributed by atoms with van der Waals surface area (Å²) in [6.45, 7) is 9.04. The third-order valence-corrected chi connectivity index (χ3v) is 10.8. The van der Waals surface area contributed by atoms with E-state index in [1.807, 2.05) is 0 Å². The molecular weight excluding hydrogens is 577 g/mol. The van der Waals surface area contributed by atoms with Crippen LogP contribution in [-0.4, -0.2) is 0 Å². The summed E-state index contributed by atoms with van der Waals surface area (Å²) in [7, 11) is 0. The molecule has 0 aromatic heterocycles. The molecule has 48 heavy (non-hydrogen) atoms. The number of hydrogen-bond acceptors (Lipinski definition) is 0. The zero-order valence-electron chi connectivity index (χ0n) is 28.5. The van der Waals surface area contributed by atoms with Crippen LogP contribution in [-0.2, 0) is 0 Å². The van der Waals surface area contributed by atoms with E-state index in [9.17, 15) is 0 Å². The summed E-state index contributed by atoms with van der Waals surface area (Å²) < 4.78 is 0. The molecule has 0 bridgehead atoms. The Hall–Kier alpha value is -5.20. The summed E-state index contributed by atoms with van der Waals surface area (Å²) in [4.78, 5) is 0. The Morgan fingerprint density at radius 3 is 1.46 bits per heavy atom. The highest BCUT2D eigenvalue weighted by Gasteiger charge is 2.20. The van der Waals surface area contributed by atoms with Crippen molar-refractivity contribution in [3.8, 4) is 33.4 Å². The maximum Gasteiger partial charge on any atom is -0.00201 e. The van der Waals surface area contributed by atoms with Gasteiger partial charge in [-0.05, 0) is 133 Å². The van der Waals surface area contributed by atoms with Crippen LogP contribution in [0.3, 0.4) is 0 Å². The highest BCUT2D eigenvalue weighted by Crippen LogP contribution is 2.46. The third-order valence-electron chi connectivity index (χ3n) is 10.8. The van der Waals surface area contributed by atoms with E-state index in [2.05, 4.69) is 167 Å². The number of benzene rings is 7. The van der Waals surface area contributed by atoms with E-state index in [1.165, 1.54) is 106 Å². The van der Waals surface area contributed by atoms with Crippen molar-refractivity contribution in [3.05, 3.63) is 162 Å². The van der Waals surface area contributed by atoms with Crippen LogP contribution >= 0.6 is 0 Å². The summed E-state index contributed by atoms with van der Waals surface area (Å²) in [5, 5.41) is 7.74. The molecule has 7 aromatic rings. The topological polar surface area (TPSA) is 0 Å². The van der Waals surface area contributed by atoms with Gasteiger partial charge in [0.05, 0.1) is 0 Å². The van der Waals surface area contributed by atoms with Gasteiger partial charge in [0.1, 0.15) is 0 Å². The van der Waals surface area contributed by atoms with Gasteiger partial charge < -0.3 is 0 Å². The second-order valence-corrected chi connectivity index (χ2v) is 13.6. The van der Waals surface area contributed by atoms with Crippen LogP contribution in [0.1, 0.15) is 49.8 Å². The molecule has 1 aliphatic carbocycles. The minimum Gasteiger partial charge on any atom is -0.0807 e. The second-order valence-electron chi connectivity index (χ2n) is 13.6. The Morgan fingerprint density at radius 2 is 0.896 bits per heavy atom. The van der Waals surface area contributed by atoms with Crippen molar-refractivity contribution >= 4 is 37.9 Å². The largest absolute Gasteiger partial charge is 0.0807 e. The average Bonchev–Trinajstić information content (AvgIpc) is 3.31. The van der Waals surface area contributed by atoms with E-state index >= 15 is 0 Å².